The molecule has 1 unspecified atom stereocenters. The van der Waals surface area contributed by atoms with Crippen molar-refractivity contribution in [1.29, 1.82) is 0 Å². The van der Waals surface area contributed by atoms with E-state index in [2.05, 4.69) is 25.8 Å². The third-order valence-electron chi connectivity index (χ3n) is 3.16. The normalized spacial score (nSPS) is 20.3. The van der Waals surface area contributed by atoms with E-state index in [1.165, 1.54) is 18.5 Å². The molecule has 0 amide bonds. The lowest BCUT2D eigenvalue weighted by Crippen LogP contribution is -2.14. The highest BCUT2D eigenvalue weighted by molar-refractivity contribution is 7.99. The van der Waals surface area contributed by atoms with E-state index in [4.69, 9.17) is 10.7 Å². The van der Waals surface area contributed by atoms with Crippen molar-refractivity contribution in [3.63, 3.8) is 0 Å². The van der Waals surface area contributed by atoms with Gasteiger partial charge in [0.25, 0.3) is 0 Å². The Balaban J connectivity index is 2.13. The predicted molar refractivity (Wildman–Crippen MR) is 77.6 cm³/mol. The van der Waals surface area contributed by atoms with Crippen LogP contribution in [0.3, 0.4) is 0 Å². The fourth-order valence-electron chi connectivity index (χ4n) is 2.14. The lowest BCUT2D eigenvalue weighted by Gasteiger charge is -2.17. The first-order valence-electron chi connectivity index (χ1n) is 6.70. The Labute approximate surface area is 114 Å². The quantitative estimate of drug-likeness (QED) is 0.834. The van der Waals surface area contributed by atoms with Crippen molar-refractivity contribution in [1.82, 2.24) is 9.97 Å². The molecule has 1 aliphatic carbocycles. The Morgan fingerprint density at radius 2 is 2.17 bits per heavy atom. The molecule has 0 radical (unpaired) electrons. The van der Waals surface area contributed by atoms with Crippen molar-refractivity contribution in [3.8, 4) is 0 Å². The molecule has 0 saturated heterocycles. The van der Waals surface area contributed by atoms with Crippen molar-refractivity contribution in [2.45, 2.75) is 63.0 Å². The van der Waals surface area contributed by atoms with Gasteiger partial charge in [0.2, 0.25) is 0 Å². The maximum absolute atomic E-state index is 6.15. The minimum Gasteiger partial charge on any atom is -0.324 e. The molecule has 1 heterocycles. The molecule has 4 heteroatoms. The lowest BCUT2D eigenvalue weighted by molar-refractivity contribution is 0.614. The zero-order chi connectivity index (χ0) is 13.2. The number of nitrogens with two attached hydrogens (primary N) is 1. The molecule has 1 atom stereocenters. The molecular formula is C14H23N3S. The molecule has 1 aromatic rings. The van der Waals surface area contributed by atoms with Gasteiger partial charge in [-0.25, -0.2) is 9.97 Å². The van der Waals surface area contributed by atoms with Crippen molar-refractivity contribution < 1.29 is 0 Å². The second-order valence-corrected chi connectivity index (χ2v) is 7.74. The minimum atomic E-state index is 0.131. The highest BCUT2D eigenvalue weighted by atomic mass is 32.2. The number of rotatable bonds is 2. The second kappa shape index (κ2) is 5.57. The topological polar surface area (TPSA) is 51.8 Å². The molecule has 2 N–H and O–H groups in total. The first-order valence-corrected chi connectivity index (χ1v) is 7.68. The van der Waals surface area contributed by atoms with E-state index in [0.29, 0.717) is 0 Å². The molecule has 0 aromatic carbocycles. The van der Waals surface area contributed by atoms with Gasteiger partial charge in [0.15, 0.2) is 0 Å². The maximum Gasteiger partial charge on any atom is 0.138 e. The van der Waals surface area contributed by atoms with Crippen molar-refractivity contribution in [2.75, 3.05) is 0 Å². The molecule has 1 aliphatic rings. The van der Waals surface area contributed by atoms with Crippen LogP contribution in [0.4, 0.5) is 0 Å². The van der Waals surface area contributed by atoms with Gasteiger partial charge in [-0.05, 0) is 19.3 Å². The van der Waals surface area contributed by atoms with Crippen molar-refractivity contribution >= 4 is 11.8 Å². The van der Waals surface area contributed by atoms with Gasteiger partial charge in [-0.2, -0.15) is 0 Å². The van der Waals surface area contributed by atoms with Crippen LogP contribution in [-0.4, -0.2) is 14.7 Å². The second-order valence-electron chi connectivity index (χ2n) is 5.94. The average Bonchev–Trinajstić information content (AvgIpc) is 2.48. The molecule has 1 aromatic heterocycles. The Morgan fingerprint density at radius 1 is 1.39 bits per heavy atom. The van der Waals surface area contributed by atoms with Gasteiger partial charge in [-0.15, -0.1) is 11.8 Å². The van der Waals surface area contributed by atoms with E-state index in [0.717, 1.165) is 30.0 Å². The zero-order valence-electron chi connectivity index (χ0n) is 11.6. The molecule has 3 nitrogen and oxygen atoms in total. The largest absolute Gasteiger partial charge is 0.324 e. The van der Waals surface area contributed by atoms with Crippen LogP contribution in [-0.2, 0) is 12.2 Å². The minimum absolute atomic E-state index is 0.131. The molecule has 100 valence electrons. The summed E-state index contributed by atoms with van der Waals surface area (Å²) in [6.07, 6.45) is 6.47. The summed E-state index contributed by atoms with van der Waals surface area (Å²) in [5.41, 5.74) is 8.50. The van der Waals surface area contributed by atoms with Crippen LogP contribution in [0.1, 0.15) is 63.2 Å². The third-order valence-corrected chi connectivity index (χ3v) is 4.43. The van der Waals surface area contributed by atoms with Crippen LogP contribution >= 0.6 is 11.8 Å². The molecule has 0 fully saturated rings. The maximum atomic E-state index is 6.15. The standard InChI is InChI=1S/C14H23N3S/c1-14(2,3)18-9-13-16-8-10-11(15)6-4-5-7-12(10)17-13/h8,11H,4-7,9,15H2,1-3H3. The Morgan fingerprint density at radius 3 is 2.89 bits per heavy atom. The monoisotopic (exact) mass is 265 g/mol. The summed E-state index contributed by atoms with van der Waals surface area (Å²) in [6.45, 7) is 6.66. The number of aryl methyl sites for hydroxylation is 1. The van der Waals surface area contributed by atoms with Crippen LogP contribution < -0.4 is 5.73 Å². The van der Waals surface area contributed by atoms with E-state index in [-0.39, 0.29) is 10.8 Å². The van der Waals surface area contributed by atoms with E-state index in [1.807, 2.05) is 18.0 Å². The van der Waals surface area contributed by atoms with Gasteiger partial charge < -0.3 is 5.73 Å². The van der Waals surface area contributed by atoms with Crippen LogP contribution in [0.5, 0.6) is 0 Å². The van der Waals surface area contributed by atoms with Gasteiger partial charge >= 0.3 is 0 Å². The predicted octanol–water partition coefficient (Wildman–Crippen LogP) is 3.23. The average molecular weight is 265 g/mol. The smallest absolute Gasteiger partial charge is 0.138 e. The number of hydrogen-bond acceptors (Lipinski definition) is 4. The van der Waals surface area contributed by atoms with E-state index < -0.39 is 0 Å². The van der Waals surface area contributed by atoms with Crippen LogP contribution in [0, 0.1) is 0 Å². The zero-order valence-corrected chi connectivity index (χ0v) is 12.4. The first kappa shape index (κ1) is 13.8. The Kier molecular flexibility index (Phi) is 4.28. The Bertz CT molecular complexity index is 412. The fraction of sp³-hybridized carbons (Fsp3) is 0.714. The first-order chi connectivity index (χ1) is 8.46. The summed E-state index contributed by atoms with van der Waals surface area (Å²) < 4.78 is 0.257. The third kappa shape index (κ3) is 3.69. The molecule has 2 rings (SSSR count). The number of nitrogens with zero attached hydrogens (tertiary/aromatic N) is 2. The van der Waals surface area contributed by atoms with Crippen LogP contribution in [0.15, 0.2) is 6.20 Å². The summed E-state index contributed by atoms with van der Waals surface area (Å²) in [5, 5.41) is 0. The van der Waals surface area contributed by atoms with E-state index >= 15 is 0 Å². The summed E-state index contributed by atoms with van der Waals surface area (Å²) in [5.74, 6) is 1.83. The molecular weight excluding hydrogens is 242 g/mol. The van der Waals surface area contributed by atoms with Crippen molar-refractivity contribution in [2.24, 2.45) is 5.73 Å². The van der Waals surface area contributed by atoms with Crippen molar-refractivity contribution in [3.05, 3.63) is 23.3 Å². The molecule has 0 bridgehead atoms. The summed E-state index contributed by atoms with van der Waals surface area (Å²) >= 11 is 1.89. The number of aromatic nitrogens is 2. The highest BCUT2D eigenvalue weighted by Crippen LogP contribution is 2.28. The summed E-state index contributed by atoms with van der Waals surface area (Å²) in [7, 11) is 0. The molecule has 0 spiro atoms. The van der Waals surface area contributed by atoms with Crippen LogP contribution in [0.2, 0.25) is 0 Å². The SMILES string of the molecule is CC(C)(C)SCc1ncc2c(n1)CCCCC2N. The molecule has 0 aliphatic heterocycles. The van der Waals surface area contributed by atoms with E-state index in [9.17, 15) is 0 Å². The van der Waals surface area contributed by atoms with Gasteiger partial charge in [0.05, 0.1) is 5.75 Å². The Hall–Kier alpha value is -0.610. The highest BCUT2D eigenvalue weighted by Gasteiger charge is 2.18. The fourth-order valence-corrected chi connectivity index (χ4v) is 2.84. The lowest BCUT2D eigenvalue weighted by atomic mass is 10.1. The summed E-state index contributed by atoms with van der Waals surface area (Å²) in [4.78, 5) is 9.19. The van der Waals surface area contributed by atoms with Gasteiger partial charge in [0.1, 0.15) is 5.82 Å². The number of fused-ring (bicyclic) bond motifs is 1. The number of hydrogen-bond donors (Lipinski definition) is 1. The van der Waals surface area contributed by atoms with Gasteiger partial charge in [-0.3, -0.25) is 0 Å². The molecule has 18 heavy (non-hydrogen) atoms. The number of thioether (sulfide) groups is 1. The molecule has 0 saturated carbocycles. The van der Waals surface area contributed by atoms with Gasteiger partial charge in [-0.1, -0.05) is 27.2 Å². The summed E-state index contributed by atoms with van der Waals surface area (Å²) in [6, 6.07) is 0.131. The van der Waals surface area contributed by atoms with Gasteiger partial charge in [0, 0.05) is 28.2 Å². The van der Waals surface area contributed by atoms with Crippen LogP contribution in [0.25, 0.3) is 0 Å². The van der Waals surface area contributed by atoms with E-state index in [1.54, 1.807) is 0 Å².